The van der Waals surface area contributed by atoms with E-state index in [-0.39, 0.29) is 12.5 Å². The normalized spacial score (nSPS) is 26.0. The van der Waals surface area contributed by atoms with Crippen molar-refractivity contribution in [2.45, 2.75) is 13.0 Å². The van der Waals surface area contributed by atoms with E-state index in [0.717, 1.165) is 16.9 Å². The first-order valence-corrected chi connectivity index (χ1v) is 8.00. The first-order chi connectivity index (χ1) is 11.5. The molecule has 6 heteroatoms. The van der Waals surface area contributed by atoms with Crippen LogP contribution in [0.15, 0.2) is 30.9 Å². The maximum atomic E-state index is 12.0. The Labute approximate surface area is 141 Å². The number of likely N-dealkylation sites (tertiary alicyclic amines) is 1. The van der Waals surface area contributed by atoms with Gasteiger partial charge in [0.05, 0.1) is 13.0 Å². The topological polar surface area (TPSA) is 78.9 Å². The van der Waals surface area contributed by atoms with Gasteiger partial charge in [0.1, 0.15) is 11.2 Å². The number of aliphatic carboxylic acids is 1. The smallest absolute Gasteiger partial charge is 0.313 e. The van der Waals surface area contributed by atoms with E-state index in [9.17, 15) is 14.7 Å². The van der Waals surface area contributed by atoms with Gasteiger partial charge >= 0.3 is 5.97 Å². The number of hydrogen-bond acceptors (Lipinski definition) is 4. The molecule has 1 aromatic rings. The lowest BCUT2D eigenvalue weighted by Gasteiger charge is -2.22. The number of carboxylic acids is 1. The Balaban J connectivity index is 1.78. The molecule has 0 saturated carbocycles. The number of amides is 1. The van der Waals surface area contributed by atoms with Crippen molar-refractivity contribution in [3.63, 3.8) is 0 Å². The van der Waals surface area contributed by atoms with Gasteiger partial charge in [-0.2, -0.15) is 0 Å². The van der Waals surface area contributed by atoms with Crippen LogP contribution in [0.2, 0.25) is 0 Å². The summed E-state index contributed by atoms with van der Waals surface area (Å²) in [6.45, 7) is 5.45. The maximum Gasteiger partial charge on any atom is 0.313 e. The van der Waals surface area contributed by atoms with Crippen molar-refractivity contribution >= 4 is 11.9 Å². The monoisotopic (exact) mass is 330 g/mol. The number of carbonyl (C=O) groups excluding carboxylic acids is 1. The average molecular weight is 330 g/mol. The predicted molar refractivity (Wildman–Crippen MR) is 88.7 cm³/mol. The number of nitrogens with one attached hydrogen (secondary N) is 1. The molecule has 2 aliphatic heterocycles. The van der Waals surface area contributed by atoms with Crippen LogP contribution < -0.4 is 10.1 Å². The highest BCUT2D eigenvalue weighted by Crippen LogP contribution is 2.40. The molecule has 0 radical (unpaired) electrons. The first-order valence-electron chi connectivity index (χ1n) is 8.00. The third-order valence-corrected chi connectivity index (χ3v) is 5.05. The van der Waals surface area contributed by atoms with E-state index in [2.05, 4.69) is 22.9 Å². The zero-order valence-corrected chi connectivity index (χ0v) is 13.7. The quantitative estimate of drug-likeness (QED) is 0.763. The van der Waals surface area contributed by atoms with E-state index >= 15 is 0 Å². The van der Waals surface area contributed by atoms with Gasteiger partial charge in [-0.25, -0.2) is 0 Å². The molecule has 2 atom stereocenters. The summed E-state index contributed by atoms with van der Waals surface area (Å²) in [5.74, 6) is -0.698. The largest absolute Gasteiger partial charge is 0.496 e. The van der Waals surface area contributed by atoms with Crippen molar-refractivity contribution in [2.24, 2.45) is 11.3 Å². The van der Waals surface area contributed by atoms with E-state index in [4.69, 9.17) is 4.74 Å². The van der Waals surface area contributed by atoms with E-state index < -0.39 is 17.3 Å². The van der Waals surface area contributed by atoms with Gasteiger partial charge in [-0.1, -0.05) is 18.2 Å². The van der Waals surface area contributed by atoms with E-state index in [1.54, 1.807) is 7.11 Å². The van der Waals surface area contributed by atoms with Crippen LogP contribution in [-0.4, -0.2) is 48.6 Å². The van der Waals surface area contributed by atoms with Crippen molar-refractivity contribution in [1.29, 1.82) is 0 Å². The van der Waals surface area contributed by atoms with Crippen molar-refractivity contribution < 1.29 is 19.4 Å². The number of nitrogens with zero attached hydrogens (tertiary/aromatic N) is 1. The third kappa shape index (κ3) is 2.67. The molecule has 0 aromatic heterocycles. The molecule has 2 N–H and O–H groups in total. The molecule has 128 valence electrons. The zero-order chi connectivity index (χ0) is 17.3. The fourth-order valence-electron chi connectivity index (χ4n) is 3.80. The summed E-state index contributed by atoms with van der Waals surface area (Å²) < 4.78 is 5.35. The van der Waals surface area contributed by atoms with Crippen molar-refractivity contribution in [3.05, 3.63) is 42.0 Å². The highest BCUT2D eigenvalue weighted by Gasteiger charge is 2.59. The highest BCUT2D eigenvalue weighted by atomic mass is 16.5. The van der Waals surface area contributed by atoms with Crippen LogP contribution in [0, 0.1) is 11.3 Å². The van der Waals surface area contributed by atoms with E-state index in [1.165, 1.54) is 0 Å². The molecule has 0 unspecified atom stereocenters. The number of rotatable bonds is 6. The molecule has 1 amide bonds. The number of carbonyl (C=O) groups is 2. The highest BCUT2D eigenvalue weighted by molar-refractivity contribution is 5.92. The van der Waals surface area contributed by atoms with Crippen molar-refractivity contribution in [3.8, 4) is 5.75 Å². The van der Waals surface area contributed by atoms with Gasteiger partial charge in [-0.15, -0.1) is 6.58 Å². The molecule has 2 aliphatic rings. The second-order valence-electron chi connectivity index (χ2n) is 6.54. The summed E-state index contributed by atoms with van der Waals surface area (Å²) in [6, 6.07) is 5.96. The van der Waals surface area contributed by atoms with E-state index in [0.29, 0.717) is 26.1 Å². The molecule has 0 aliphatic carbocycles. The fraction of sp³-hybridized carbons (Fsp3) is 0.444. The second kappa shape index (κ2) is 6.28. The molecule has 24 heavy (non-hydrogen) atoms. The standard InChI is InChI=1S/C18H22N2O4/c1-3-4-13-7-12(5-6-15(13)24-2)8-20-9-14-16(21)19-10-18(14,11-20)17(22)23/h3,5-7,14H,1,4,8-11H2,2H3,(H,19,21)(H,22,23)/t14-,18+/m1/s1. The Kier molecular flexibility index (Phi) is 4.32. The first kappa shape index (κ1) is 16.5. The summed E-state index contributed by atoms with van der Waals surface area (Å²) in [5, 5.41) is 12.3. The number of hydrogen-bond donors (Lipinski definition) is 2. The lowest BCUT2D eigenvalue weighted by atomic mass is 9.81. The van der Waals surface area contributed by atoms with Crippen molar-refractivity contribution in [1.82, 2.24) is 10.2 Å². The van der Waals surface area contributed by atoms with Gasteiger partial charge in [0.25, 0.3) is 0 Å². The molecular formula is C18H22N2O4. The maximum absolute atomic E-state index is 12.0. The fourth-order valence-corrected chi connectivity index (χ4v) is 3.80. The molecule has 1 aromatic carbocycles. The molecule has 0 bridgehead atoms. The van der Waals surface area contributed by atoms with Crippen molar-refractivity contribution in [2.75, 3.05) is 26.7 Å². The molecular weight excluding hydrogens is 308 g/mol. The summed E-state index contributed by atoms with van der Waals surface area (Å²) in [4.78, 5) is 25.7. The lowest BCUT2D eigenvalue weighted by Crippen LogP contribution is -2.40. The van der Waals surface area contributed by atoms with Gasteiger partial charge < -0.3 is 15.2 Å². The summed E-state index contributed by atoms with van der Waals surface area (Å²) in [5.41, 5.74) is 1.14. The Morgan fingerprint density at radius 3 is 3.00 bits per heavy atom. The third-order valence-electron chi connectivity index (χ3n) is 5.05. The number of fused-ring (bicyclic) bond motifs is 1. The summed E-state index contributed by atoms with van der Waals surface area (Å²) in [6.07, 6.45) is 2.53. The number of allylic oxidation sites excluding steroid dienone is 1. The van der Waals surface area contributed by atoms with Crippen LogP contribution >= 0.6 is 0 Å². The van der Waals surface area contributed by atoms with Gasteiger partial charge in [-0.3, -0.25) is 14.5 Å². The SMILES string of the molecule is C=CCc1cc(CN2C[C@@H]3C(=O)NC[C@]3(C(=O)O)C2)ccc1OC. The lowest BCUT2D eigenvalue weighted by molar-refractivity contribution is -0.149. The Bertz CT molecular complexity index is 688. The summed E-state index contributed by atoms with van der Waals surface area (Å²) >= 11 is 0. The van der Waals surface area contributed by atoms with Crippen LogP contribution in [0.3, 0.4) is 0 Å². The average Bonchev–Trinajstić information content (AvgIpc) is 3.06. The van der Waals surface area contributed by atoms with Crippen LogP contribution in [-0.2, 0) is 22.6 Å². The number of benzene rings is 1. The number of ether oxygens (including phenoxy) is 1. The molecule has 6 nitrogen and oxygen atoms in total. The number of carboxylic acid groups (broad SMARTS) is 1. The Morgan fingerprint density at radius 2 is 2.38 bits per heavy atom. The minimum absolute atomic E-state index is 0.151. The predicted octanol–water partition coefficient (Wildman–Crippen LogP) is 1.06. The van der Waals surface area contributed by atoms with Gasteiger partial charge in [0.15, 0.2) is 0 Å². The van der Waals surface area contributed by atoms with Crippen LogP contribution in [0.5, 0.6) is 5.75 Å². The summed E-state index contributed by atoms with van der Waals surface area (Å²) in [7, 11) is 1.64. The molecule has 2 heterocycles. The Hall–Kier alpha value is -2.34. The Morgan fingerprint density at radius 1 is 1.58 bits per heavy atom. The van der Waals surface area contributed by atoms with E-state index in [1.807, 2.05) is 18.2 Å². The van der Waals surface area contributed by atoms with Crippen LogP contribution in [0.1, 0.15) is 11.1 Å². The molecule has 2 saturated heterocycles. The minimum Gasteiger partial charge on any atom is -0.496 e. The molecule has 0 spiro atoms. The van der Waals surface area contributed by atoms with Crippen LogP contribution in [0.25, 0.3) is 0 Å². The molecule has 2 fully saturated rings. The molecule has 3 rings (SSSR count). The van der Waals surface area contributed by atoms with Crippen LogP contribution in [0.4, 0.5) is 0 Å². The second-order valence-corrected chi connectivity index (χ2v) is 6.54. The number of methoxy groups -OCH3 is 1. The van der Waals surface area contributed by atoms with Gasteiger partial charge in [0.2, 0.25) is 5.91 Å². The van der Waals surface area contributed by atoms with Gasteiger partial charge in [0, 0.05) is 26.2 Å². The van der Waals surface area contributed by atoms with Gasteiger partial charge in [-0.05, 0) is 23.6 Å². The minimum atomic E-state index is -0.993. The zero-order valence-electron chi connectivity index (χ0n) is 13.7.